The van der Waals surface area contributed by atoms with Gasteiger partial charge in [-0.2, -0.15) is 0 Å². The van der Waals surface area contributed by atoms with Crippen molar-refractivity contribution in [1.82, 2.24) is 9.80 Å². The minimum Gasteiger partial charge on any atom is -0.341 e. The first-order valence-corrected chi connectivity index (χ1v) is 7.21. The van der Waals surface area contributed by atoms with Crippen LogP contribution in [0.5, 0.6) is 0 Å². The van der Waals surface area contributed by atoms with E-state index in [1.807, 2.05) is 13.8 Å². The van der Waals surface area contributed by atoms with Crippen LogP contribution in [0.25, 0.3) is 0 Å². The molecule has 2 aliphatic heterocycles. The smallest absolute Gasteiger partial charge is 0.225 e. The number of carbonyl (C=O) groups excluding carboxylic acids is 1. The number of likely N-dealkylation sites (tertiary alicyclic amines) is 2. The first kappa shape index (κ1) is 13.9. The summed E-state index contributed by atoms with van der Waals surface area (Å²) in [5.41, 5.74) is 0.531. The van der Waals surface area contributed by atoms with Gasteiger partial charge in [-0.3, -0.25) is 9.69 Å². The molecule has 0 N–H and O–H groups in total. The molecule has 0 aromatic carbocycles. The minimum atomic E-state index is 0.122. The van der Waals surface area contributed by atoms with Crippen LogP contribution in [-0.2, 0) is 4.79 Å². The molecule has 2 saturated heterocycles. The molecule has 0 unspecified atom stereocenters. The van der Waals surface area contributed by atoms with Gasteiger partial charge in [0.05, 0.1) is 0 Å². The topological polar surface area (TPSA) is 23.6 Å². The zero-order valence-electron chi connectivity index (χ0n) is 12.8. The number of hydrogen-bond acceptors (Lipinski definition) is 2. The van der Waals surface area contributed by atoms with Crippen LogP contribution in [-0.4, -0.2) is 47.9 Å². The van der Waals surface area contributed by atoms with Crippen molar-refractivity contribution in [2.75, 3.05) is 26.2 Å². The van der Waals surface area contributed by atoms with Gasteiger partial charge in [0.1, 0.15) is 0 Å². The highest BCUT2D eigenvalue weighted by Crippen LogP contribution is 2.52. The lowest BCUT2D eigenvalue weighted by Gasteiger charge is -2.30. The van der Waals surface area contributed by atoms with Crippen molar-refractivity contribution in [3.8, 4) is 0 Å². The Balaban J connectivity index is 2.15. The highest BCUT2D eigenvalue weighted by molar-refractivity contribution is 5.78. The van der Waals surface area contributed by atoms with E-state index < -0.39 is 0 Å². The predicted molar refractivity (Wildman–Crippen MR) is 74.3 cm³/mol. The molecule has 0 saturated carbocycles. The second-order valence-electron chi connectivity index (χ2n) is 7.47. The zero-order chi connectivity index (χ0) is 13.7. The minimum absolute atomic E-state index is 0.122. The molecule has 2 aliphatic rings. The number of amides is 1. The molecule has 0 radical (unpaired) electrons. The Labute approximate surface area is 112 Å². The average Bonchev–Trinajstić information content (AvgIpc) is 2.62. The second kappa shape index (κ2) is 4.22. The van der Waals surface area contributed by atoms with Gasteiger partial charge in [-0.1, -0.05) is 27.7 Å². The number of fused-ring (bicyclic) bond motifs is 1. The van der Waals surface area contributed by atoms with Gasteiger partial charge < -0.3 is 4.90 Å². The van der Waals surface area contributed by atoms with E-state index in [0.717, 1.165) is 26.2 Å². The quantitative estimate of drug-likeness (QED) is 0.752. The summed E-state index contributed by atoms with van der Waals surface area (Å²) in [6, 6.07) is 0.610. The van der Waals surface area contributed by atoms with Crippen LogP contribution in [0.1, 0.15) is 41.5 Å². The van der Waals surface area contributed by atoms with Crippen LogP contribution in [0.3, 0.4) is 0 Å². The molecule has 0 aromatic rings. The summed E-state index contributed by atoms with van der Waals surface area (Å²) in [6.07, 6.45) is 0. The zero-order valence-corrected chi connectivity index (χ0v) is 12.8. The normalized spacial score (nSPS) is 36.8. The van der Waals surface area contributed by atoms with Crippen LogP contribution in [0, 0.1) is 16.7 Å². The molecule has 2 heterocycles. The van der Waals surface area contributed by atoms with E-state index in [-0.39, 0.29) is 16.7 Å². The molecule has 2 rings (SSSR count). The lowest BCUT2D eigenvalue weighted by molar-refractivity contribution is -0.134. The van der Waals surface area contributed by atoms with Crippen molar-refractivity contribution in [2.24, 2.45) is 16.7 Å². The third-order valence-electron chi connectivity index (χ3n) is 5.18. The molecule has 0 aromatic heterocycles. The summed E-state index contributed by atoms with van der Waals surface area (Å²) in [5, 5.41) is 0. The fourth-order valence-electron chi connectivity index (χ4n) is 3.60. The Kier molecular flexibility index (Phi) is 3.25. The predicted octanol–water partition coefficient (Wildman–Crippen LogP) is 2.22. The SMILES string of the molecule is CC(C)C(=O)N1C[C@@]2(C)CN(C(C)C)C[C@@]2(C)C1. The van der Waals surface area contributed by atoms with Gasteiger partial charge in [-0.05, 0) is 13.8 Å². The molecule has 2 fully saturated rings. The average molecular weight is 252 g/mol. The van der Waals surface area contributed by atoms with Gasteiger partial charge in [0.2, 0.25) is 5.91 Å². The van der Waals surface area contributed by atoms with E-state index in [2.05, 4.69) is 37.5 Å². The van der Waals surface area contributed by atoms with Crippen molar-refractivity contribution in [3.05, 3.63) is 0 Å². The van der Waals surface area contributed by atoms with Crippen LogP contribution in [0.2, 0.25) is 0 Å². The monoisotopic (exact) mass is 252 g/mol. The Morgan fingerprint density at radius 1 is 0.944 bits per heavy atom. The molecule has 18 heavy (non-hydrogen) atoms. The van der Waals surface area contributed by atoms with E-state index in [1.165, 1.54) is 0 Å². The summed E-state index contributed by atoms with van der Waals surface area (Å²) in [6.45, 7) is 17.4. The van der Waals surface area contributed by atoms with Crippen LogP contribution in [0.15, 0.2) is 0 Å². The number of rotatable bonds is 2. The summed E-state index contributed by atoms with van der Waals surface area (Å²) < 4.78 is 0. The van der Waals surface area contributed by atoms with Gasteiger partial charge in [-0.25, -0.2) is 0 Å². The lowest BCUT2D eigenvalue weighted by atomic mass is 9.71. The molecular formula is C15H28N2O. The van der Waals surface area contributed by atoms with Gasteiger partial charge in [0.15, 0.2) is 0 Å². The number of carbonyl (C=O) groups is 1. The third kappa shape index (κ3) is 1.97. The Bertz CT molecular complexity index is 332. The van der Waals surface area contributed by atoms with Crippen molar-refractivity contribution in [2.45, 2.75) is 47.6 Å². The molecule has 0 spiro atoms. The molecule has 1 amide bonds. The largest absolute Gasteiger partial charge is 0.341 e. The summed E-state index contributed by atoms with van der Waals surface area (Å²) >= 11 is 0. The summed E-state index contributed by atoms with van der Waals surface area (Å²) in [4.78, 5) is 16.9. The molecule has 0 bridgehead atoms. The molecule has 3 heteroatoms. The van der Waals surface area contributed by atoms with Crippen molar-refractivity contribution in [3.63, 3.8) is 0 Å². The fraction of sp³-hybridized carbons (Fsp3) is 0.933. The number of hydrogen-bond donors (Lipinski definition) is 0. The molecule has 0 aliphatic carbocycles. The van der Waals surface area contributed by atoms with Crippen LogP contribution in [0.4, 0.5) is 0 Å². The Morgan fingerprint density at radius 3 is 1.72 bits per heavy atom. The molecular weight excluding hydrogens is 224 g/mol. The van der Waals surface area contributed by atoms with Crippen LogP contribution >= 0.6 is 0 Å². The van der Waals surface area contributed by atoms with Gasteiger partial charge in [-0.15, -0.1) is 0 Å². The van der Waals surface area contributed by atoms with E-state index in [1.54, 1.807) is 0 Å². The molecule has 2 atom stereocenters. The first-order chi connectivity index (χ1) is 8.18. The summed E-state index contributed by atoms with van der Waals surface area (Å²) in [5.74, 6) is 0.445. The van der Waals surface area contributed by atoms with E-state index in [4.69, 9.17) is 0 Å². The third-order valence-corrected chi connectivity index (χ3v) is 5.18. The first-order valence-electron chi connectivity index (χ1n) is 7.21. The van der Waals surface area contributed by atoms with Gasteiger partial charge in [0.25, 0.3) is 0 Å². The van der Waals surface area contributed by atoms with Gasteiger partial charge in [0, 0.05) is 49.0 Å². The highest BCUT2D eigenvalue weighted by Gasteiger charge is 2.58. The second-order valence-corrected chi connectivity index (χ2v) is 7.47. The van der Waals surface area contributed by atoms with E-state index in [9.17, 15) is 4.79 Å². The lowest BCUT2D eigenvalue weighted by Crippen LogP contribution is -2.39. The highest BCUT2D eigenvalue weighted by atomic mass is 16.2. The molecule has 104 valence electrons. The molecule has 3 nitrogen and oxygen atoms in total. The van der Waals surface area contributed by atoms with Crippen molar-refractivity contribution in [1.29, 1.82) is 0 Å². The Morgan fingerprint density at radius 2 is 1.39 bits per heavy atom. The van der Waals surface area contributed by atoms with E-state index in [0.29, 0.717) is 11.9 Å². The summed E-state index contributed by atoms with van der Waals surface area (Å²) in [7, 11) is 0. The maximum atomic E-state index is 12.2. The van der Waals surface area contributed by atoms with Crippen molar-refractivity contribution < 1.29 is 4.79 Å². The van der Waals surface area contributed by atoms with Gasteiger partial charge >= 0.3 is 0 Å². The Hall–Kier alpha value is -0.570. The maximum Gasteiger partial charge on any atom is 0.225 e. The number of nitrogens with zero attached hydrogens (tertiary/aromatic N) is 2. The van der Waals surface area contributed by atoms with E-state index >= 15 is 0 Å². The fourth-order valence-corrected chi connectivity index (χ4v) is 3.60. The van der Waals surface area contributed by atoms with Crippen LogP contribution < -0.4 is 0 Å². The maximum absolute atomic E-state index is 12.2. The van der Waals surface area contributed by atoms with Crippen molar-refractivity contribution >= 4 is 5.91 Å². The standard InChI is InChI=1S/C15H28N2O/c1-11(2)13(18)17-9-14(5)7-16(12(3)4)8-15(14,6)10-17/h11-12H,7-10H2,1-6H3/t14-,15+.